The van der Waals surface area contributed by atoms with Crippen LogP contribution in [0.2, 0.25) is 0 Å². The average molecular weight is 279 g/mol. The molecule has 0 bridgehead atoms. The van der Waals surface area contributed by atoms with Crippen LogP contribution >= 0.6 is 0 Å². The van der Waals surface area contributed by atoms with Crippen molar-refractivity contribution in [2.24, 2.45) is 0 Å². The molecule has 0 unspecified atom stereocenters. The van der Waals surface area contributed by atoms with Crippen molar-refractivity contribution < 1.29 is 14.6 Å². The van der Waals surface area contributed by atoms with Gasteiger partial charge in [-0.1, -0.05) is 0 Å². The Morgan fingerprint density at radius 1 is 1.20 bits per heavy atom. The van der Waals surface area contributed by atoms with Crippen LogP contribution in [0.1, 0.15) is 18.4 Å². The van der Waals surface area contributed by atoms with Crippen molar-refractivity contribution in [1.29, 1.82) is 0 Å². The lowest BCUT2D eigenvalue weighted by Gasteiger charge is -2.25. The van der Waals surface area contributed by atoms with Crippen LogP contribution in [0.25, 0.3) is 0 Å². The molecular weight excluding hydrogens is 266 g/mol. The van der Waals surface area contributed by atoms with E-state index in [2.05, 4.69) is 0 Å². The van der Waals surface area contributed by atoms with Crippen LogP contribution < -0.4 is 0 Å². The van der Waals surface area contributed by atoms with Crippen LogP contribution in [0.5, 0.6) is 0 Å². The number of nitro groups is 2. The summed E-state index contributed by atoms with van der Waals surface area (Å²) in [6, 6.07) is 3.59. The molecule has 1 heterocycles. The summed E-state index contributed by atoms with van der Waals surface area (Å²) in [5.41, 5.74) is -0.206. The second kappa shape index (κ2) is 5.74. The van der Waals surface area contributed by atoms with Gasteiger partial charge in [-0.25, -0.2) is 0 Å². The first-order chi connectivity index (χ1) is 9.47. The Morgan fingerprint density at radius 2 is 1.95 bits per heavy atom. The zero-order valence-electron chi connectivity index (χ0n) is 10.7. The normalized spacial score (nSPS) is 16.1. The van der Waals surface area contributed by atoms with E-state index in [0.717, 1.165) is 12.5 Å². The molecule has 0 atom stereocenters. The van der Waals surface area contributed by atoms with Crippen molar-refractivity contribution >= 4 is 17.2 Å². The van der Waals surface area contributed by atoms with E-state index in [0.29, 0.717) is 18.5 Å². The average Bonchev–Trinajstić information content (AvgIpc) is 2.38. The Balaban J connectivity index is 2.24. The van der Waals surface area contributed by atoms with Crippen molar-refractivity contribution in [1.82, 2.24) is 4.90 Å². The van der Waals surface area contributed by atoms with E-state index in [9.17, 15) is 25.0 Å². The molecule has 106 valence electrons. The third-order valence-corrected chi connectivity index (χ3v) is 3.20. The fourth-order valence-corrected chi connectivity index (χ4v) is 2.25. The van der Waals surface area contributed by atoms with Crippen molar-refractivity contribution in [3.8, 4) is 0 Å². The molecule has 0 aromatic heterocycles. The second-order valence-corrected chi connectivity index (χ2v) is 4.68. The Labute approximate surface area is 114 Å². The molecule has 1 aliphatic heterocycles. The first-order valence-corrected chi connectivity index (χ1v) is 6.13. The maximum Gasteiger partial charge on any atom is 0.280 e. The van der Waals surface area contributed by atoms with Crippen LogP contribution in [-0.2, 0) is 11.3 Å². The van der Waals surface area contributed by atoms with Gasteiger partial charge in [0.2, 0.25) is 0 Å². The zero-order chi connectivity index (χ0) is 14.7. The quantitative estimate of drug-likeness (QED) is 0.613. The molecule has 0 aliphatic carbocycles. The molecule has 0 saturated carbocycles. The maximum absolute atomic E-state index is 11.4. The van der Waals surface area contributed by atoms with E-state index in [1.54, 1.807) is 0 Å². The highest BCUT2D eigenvalue weighted by Gasteiger charge is 2.23. The predicted octanol–water partition coefficient (Wildman–Crippen LogP) is 1.67. The van der Waals surface area contributed by atoms with E-state index in [-0.39, 0.29) is 30.2 Å². The lowest BCUT2D eigenvalue weighted by molar-refractivity contribution is -0.394. The molecule has 0 N–H and O–H groups in total. The summed E-state index contributed by atoms with van der Waals surface area (Å²) in [4.78, 5) is 33.5. The lowest BCUT2D eigenvalue weighted by Crippen LogP contribution is -2.35. The molecule has 8 nitrogen and oxygen atoms in total. The van der Waals surface area contributed by atoms with Crippen molar-refractivity contribution in [3.63, 3.8) is 0 Å². The van der Waals surface area contributed by atoms with Gasteiger partial charge >= 0.3 is 0 Å². The Morgan fingerprint density at radius 3 is 2.55 bits per heavy atom. The van der Waals surface area contributed by atoms with Crippen LogP contribution in [-0.4, -0.2) is 33.6 Å². The summed E-state index contributed by atoms with van der Waals surface area (Å²) in [6.07, 6.45) is 1.28. The summed E-state index contributed by atoms with van der Waals surface area (Å²) < 4.78 is 0. The topological polar surface area (TPSA) is 107 Å². The zero-order valence-corrected chi connectivity index (χ0v) is 10.7. The van der Waals surface area contributed by atoms with Gasteiger partial charge in [0.15, 0.2) is 0 Å². The van der Waals surface area contributed by atoms with Gasteiger partial charge in [-0.3, -0.25) is 29.9 Å². The van der Waals surface area contributed by atoms with Gasteiger partial charge in [0.25, 0.3) is 11.4 Å². The van der Waals surface area contributed by atoms with Gasteiger partial charge in [-0.2, -0.15) is 0 Å². The molecule has 8 heteroatoms. The molecule has 2 rings (SSSR count). The van der Waals surface area contributed by atoms with E-state index in [1.807, 2.05) is 4.90 Å². The lowest BCUT2D eigenvalue weighted by atomic mass is 10.1. The van der Waals surface area contributed by atoms with Crippen LogP contribution in [0, 0.1) is 20.2 Å². The number of hydrogen-bond acceptors (Lipinski definition) is 6. The molecule has 1 aromatic rings. The highest BCUT2D eigenvalue weighted by Crippen LogP contribution is 2.26. The Hall–Kier alpha value is -2.35. The molecule has 0 radical (unpaired) electrons. The van der Waals surface area contributed by atoms with Gasteiger partial charge in [-0.05, 0) is 19.0 Å². The molecule has 1 fully saturated rings. The number of rotatable bonds is 4. The number of nitro benzene ring substituents is 2. The highest BCUT2D eigenvalue weighted by atomic mass is 16.6. The largest absolute Gasteiger partial charge is 0.298 e. The van der Waals surface area contributed by atoms with Crippen LogP contribution in [0.4, 0.5) is 11.4 Å². The molecule has 1 aromatic carbocycles. The number of likely N-dealkylation sites (tertiary alicyclic amines) is 1. The van der Waals surface area contributed by atoms with E-state index >= 15 is 0 Å². The second-order valence-electron chi connectivity index (χ2n) is 4.68. The number of non-ortho nitro benzene ring substituents is 1. The van der Waals surface area contributed by atoms with Crippen LogP contribution in [0.15, 0.2) is 18.2 Å². The number of Topliss-reactive ketones (excluding diaryl/α,β-unsaturated/α-hetero) is 1. The Bertz CT molecular complexity index is 572. The molecular formula is C12H13N3O5. The highest BCUT2D eigenvalue weighted by molar-refractivity contribution is 5.81. The molecule has 0 amide bonds. The van der Waals surface area contributed by atoms with E-state index in [1.165, 1.54) is 12.1 Å². The summed E-state index contributed by atoms with van der Waals surface area (Å²) in [6.45, 7) is 1.22. The third kappa shape index (κ3) is 3.15. The van der Waals surface area contributed by atoms with Gasteiger partial charge in [0.05, 0.1) is 22.5 Å². The minimum atomic E-state index is -0.665. The van der Waals surface area contributed by atoms with Gasteiger partial charge in [0, 0.05) is 24.6 Å². The fourth-order valence-electron chi connectivity index (χ4n) is 2.25. The third-order valence-electron chi connectivity index (χ3n) is 3.20. The van der Waals surface area contributed by atoms with Crippen molar-refractivity contribution in [3.05, 3.63) is 44.0 Å². The SMILES string of the molecule is O=C1CCCN(Cc2ccc([N+](=O)[O-])cc2[N+](=O)[O-])C1. The van der Waals surface area contributed by atoms with Gasteiger partial charge in [-0.15, -0.1) is 0 Å². The Kier molecular flexibility index (Phi) is 4.04. The monoisotopic (exact) mass is 279 g/mol. The summed E-state index contributed by atoms with van der Waals surface area (Å²) in [5, 5.41) is 21.6. The molecule has 1 saturated heterocycles. The van der Waals surface area contributed by atoms with Crippen molar-refractivity contribution in [2.75, 3.05) is 13.1 Å². The maximum atomic E-state index is 11.4. The van der Waals surface area contributed by atoms with Crippen molar-refractivity contribution in [2.45, 2.75) is 19.4 Å². The number of benzene rings is 1. The van der Waals surface area contributed by atoms with E-state index < -0.39 is 9.85 Å². The first-order valence-electron chi connectivity index (χ1n) is 6.13. The number of piperidine rings is 1. The smallest absolute Gasteiger partial charge is 0.280 e. The minimum Gasteiger partial charge on any atom is -0.298 e. The summed E-state index contributed by atoms with van der Waals surface area (Å²) >= 11 is 0. The molecule has 0 spiro atoms. The number of nitrogens with zero attached hydrogens (tertiary/aromatic N) is 3. The molecule has 20 heavy (non-hydrogen) atoms. The van der Waals surface area contributed by atoms with Gasteiger partial charge in [0.1, 0.15) is 5.78 Å². The predicted molar refractivity (Wildman–Crippen MR) is 69.3 cm³/mol. The standard InChI is InChI=1S/C12H13N3O5/c16-11-2-1-5-13(8-11)7-9-3-4-10(14(17)18)6-12(9)15(19)20/h3-4,6H,1-2,5,7-8H2. The van der Waals surface area contributed by atoms with Crippen LogP contribution in [0.3, 0.4) is 0 Å². The first kappa shape index (κ1) is 14.1. The summed E-state index contributed by atoms with van der Waals surface area (Å²) in [5.74, 6) is 0.112. The minimum absolute atomic E-state index is 0.112. The fraction of sp³-hybridized carbons (Fsp3) is 0.417. The summed E-state index contributed by atoms with van der Waals surface area (Å²) in [7, 11) is 0. The number of carbonyl (C=O) groups is 1. The number of hydrogen-bond donors (Lipinski definition) is 0. The number of carbonyl (C=O) groups excluding carboxylic acids is 1. The van der Waals surface area contributed by atoms with Gasteiger partial charge < -0.3 is 0 Å². The molecule has 1 aliphatic rings. The number of ketones is 1. The van der Waals surface area contributed by atoms with E-state index in [4.69, 9.17) is 0 Å².